The van der Waals surface area contributed by atoms with Crippen molar-refractivity contribution in [2.45, 2.75) is 32.4 Å². The van der Waals surface area contributed by atoms with E-state index in [1.54, 1.807) is 32.2 Å². The molecule has 0 fully saturated rings. The second-order valence-electron chi connectivity index (χ2n) is 6.46. The van der Waals surface area contributed by atoms with Gasteiger partial charge in [-0.3, -0.25) is 4.99 Å². The molecule has 29 heavy (non-hydrogen) atoms. The fraction of sp³-hybridized carbons (Fsp3) is 0.381. The first-order valence-corrected chi connectivity index (χ1v) is 9.34. The topological polar surface area (TPSA) is 54.9 Å². The summed E-state index contributed by atoms with van der Waals surface area (Å²) in [6.07, 6.45) is 1.04. The van der Waals surface area contributed by atoms with Gasteiger partial charge in [0, 0.05) is 31.6 Å². The lowest BCUT2D eigenvalue weighted by Crippen LogP contribution is -2.40. The van der Waals surface area contributed by atoms with E-state index in [1.807, 2.05) is 6.07 Å². The zero-order valence-electron chi connectivity index (χ0n) is 16.5. The van der Waals surface area contributed by atoms with Gasteiger partial charge in [-0.05, 0) is 30.5 Å². The summed E-state index contributed by atoms with van der Waals surface area (Å²) in [4.78, 5) is 4.21. The number of nitrogens with zero attached hydrogens (tertiary/aromatic N) is 1. The Hall–Kier alpha value is -2.10. The van der Waals surface area contributed by atoms with E-state index in [4.69, 9.17) is 9.47 Å². The van der Waals surface area contributed by atoms with E-state index in [0.717, 1.165) is 13.0 Å². The summed E-state index contributed by atoms with van der Waals surface area (Å²) in [5, 5.41) is 6.46. The highest BCUT2D eigenvalue weighted by Crippen LogP contribution is 2.34. The number of rotatable bonds is 8. The smallest absolute Gasteiger partial charge is 0.387 e. The lowest BCUT2D eigenvalue weighted by Gasteiger charge is -2.30. The number of guanidine groups is 1. The molecule has 2 aromatic carbocycles. The van der Waals surface area contributed by atoms with Gasteiger partial charge in [-0.15, -0.1) is 24.0 Å². The molecule has 1 aliphatic rings. The van der Waals surface area contributed by atoms with Gasteiger partial charge in [0.1, 0.15) is 0 Å². The fourth-order valence-electron chi connectivity index (χ4n) is 3.36. The number of halogens is 3. The number of fused-ring (bicyclic) bond motifs is 1. The normalized spacial score (nSPS) is 15.1. The third-order valence-corrected chi connectivity index (χ3v) is 4.71. The van der Waals surface area contributed by atoms with Gasteiger partial charge in [0.15, 0.2) is 17.5 Å². The van der Waals surface area contributed by atoms with E-state index in [9.17, 15) is 8.78 Å². The Morgan fingerprint density at radius 1 is 1.17 bits per heavy atom. The van der Waals surface area contributed by atoms with Crippen LogP contribution in [0.1, 0.15) is 29.5 Å². The van der Waals surface area contributed by atoms with Gasteiger partial charge < -0.3 is 20.1 Å². The summed E-state index contributed by atoms with van der Waals surface area (Å²) in [6.45, 7) is 0.278. The van der Waals surface area contributed by atoms with Crippen molar-refractivity contribution >= 4 is 29.9 Å². The zero-order valence-corrected chi connectivity index (χ0v) is 18.8. The molecule has 0 radical (unpaired) electrons. The van der Waals surface area contributed by atoms with Crippen LogP contribution in [0.3, 0.4) is 0 Å². The van der Waals surface area contributed by atoms with E-state index in [-0.39, 0.29) is 36.3 Å². The minimum Gasteiger partial charge on any atom is -0.490 e. The Kier molecular flexibility index (Phi) is 8.94. The van der Waals surface area contributed by atoms with Crippen LogP contribution < -0.4 is 20.1 Å². The summed E-state index contributed by atoms with van der Waals surface area (Å²) < 4.78 is 35.8. The summed E-state index contributed by atoms with van der Waals surface area (Å²) in [5.74, 6) is 1.41. The van der Waals surface area contributed by atoms with Gasteiger partial charge in [-0.25, -0.2) is 0 Å². The summed E-state index contributed by atoms with van der Waals surface area (Å²) in [7, 11) is 1.68. The molecule has 2 N–H and O–H groups in total. The standard InChI is InChI=1S/C21H25F2N3O2.HI/c1-3-27-18-10-6-8-15(19(18)28-20(22)23)12-25-21(24-2)26-13-16-11-14-7-4-5-9-17(14)16;/h4-10,16,20H,3,11-13H2,1-2H3,(H2,24,25,26);1H. The predicted molar refractivity (Wildman–Crippen MR) is 121 cm³/mol. The number of hydrogen-bond donors (Lipinski definition) is 2. The molecule has 0 amide bonds. The van der Waals surface area contributed by atoms with Crippen LogP contribution >= 0.6 is 24.0 Å². The van der Waals surface area contributed by atoms with Crippen LogP contribution in [-0.2, 0) is 13.0 Å². The van der Waals surface area contributed by atoms with Gasteiger partial charge in [-0.2, -0.15) is 8.78 Å². The van der Waals surface area contributed by atoms with E-state index in [1.165, 1.54) is 11.1 Å². The van der Waals surface area contributed by atoms with Crippen LogP contribution in [0.5, 0.6) is 11.5 Å². The average molecular weight is 517 g/mol. The van der Waals surface area contributed by atoms with Crippen molar-refractivity contribution in [1.29, 1.82) is 0 Å². The number of hydrogen-bond acceptors (Lipinski definition) is 3. The van der Waals surface area contributed by atoms with Gasteiger partial charge in [0.2, 0.25) is 0 Å². The Morgan fingerprint density at radius 3 is 2.66 bits per heavy atom. The van der Waals surface area contributed by atoms with Crippen LogP contribution in [0.25, 0.3) is 0 Å². The van der Waals surface area contributed by atoms with Crippen LogP contribution in [0, 0.1) is 0 Å². The molecule has 1 atom stereocenters. The van der Waals surface area contributed by atoms with Crippen molar-refractivity contribution in [1.82, 2.24) is 10.6 Å². The Labute approximate surface area is 186 Å². The monoisotopic (exact) mass is 517 g/mol. The molecule has 0 spiro atoms. The van der Waals surface area contributed by atoms with E-state index in [2.05, 4.69) is 33.8 Å². The van der Waals surface area contributed by atoms with Crippen molar-refractivity contribution in [3.8, 4) is 11.5 Å². The lowest BCUT2D eigenvalue weighted by molar-refractivity contribution is -0.0520. The van der Waals surface area contributed by atoms with E-state index >= 15 is 0 Å². The number of alkyl halides is 2. The number of nitrogens with one attached hydrogen (secondary N) is 2. The third kappa shape index (κ3) is 5.94. The summed E-state index contributed by atoms with van der Waals surface area (Å²) >= 11 is 0. The van der Waals surface area contributed by atoms with Crippen LogP contribution in [0.15, 0.2) is 47.5 Å². The molecule has 0 heterocycles. The highest BCUT2D eigenvalue weighted by molar-refractivity contribution is 14.0. The quantitative estimate of drug-likeness (QED) is 0.312. The fourth-order valence-corrected chi connectivity index (χ4v) is 3.36. The van der Waals surface area contributed by atoms with Crippen LogP contribution in [-0.4, -0.2) is 32.8 Å². The highest BCUT2D eigenvalue weighted by atomic mass is 127. The van der Waals surface area contributed by atoms with Gasteiger partial charge >= 0.3 is 6.61 Å². The molecule has 158 valence electrons. The first kappa shape index (κ1) is 23.2. The Balaban J connectivity index is 0.00000300. The maximum atomic E-state index is 12.8. The maximum absolute atomic E-state index is 12.8. The van der Waals surface area contributed by atoms with Gasteiger partial charge in [0.25, 0.3) is 0 Å². The molecule has 2 aromatic rings. The number of benzene rings is 2. The third-order valence-electron chi connectivity index (χ3n) is 4.71. The molecule has 0 aromatic heterocycles. The highest BCUT2D eigenvalue weighted by Gasteiger charge is 2.25. The van der Waals surface area contributed by atoms with Crippen molar-refractivity contribution in [2.24, 2.45) is 4.99 Å². The molecule has 5 nitrogen and oxygen atoms in total. The molecule has 0 aliphatic heterocycles. The number of ether oxygens (including phenoxy) is 2. The lowest BCUT2D eigenvalue weighted by atomic mass is 9.78. The average Bonchev–Trinajstić information content (AvgIpc) is 2.66. The summed E-state index contributed by atoms with van der Waals surface area (Å²) in [6, 6.07) is 13.5. The molecular formula is C21H26F2IN3O2. The van der Waals surface area contributed by atoms with Crippen molar-refractivity contribution in [3.63, 3.8) is 0 Å². The number of aliphatic imine (C=N–C) groups is 1. The molecule has 8 heteroatoms. The maximum Gasteiger partial charge on any atom is 0.387 e. The van der Waals surface area contributed by atoms with Crippen molar-refractivity contribution < 1.29 is 18.3 Å². The zero-order chi connectivity index (χ0) is 19.9. The summed E-state index contributed by atoms with van der Waals surface area (Å²) in [5.41, 5.74) is 3.32. The van der Waals surface area contributed by atoms with Crippen LogP contribution in [0.2, 0.25) is 0 Å². The SMILES string of the molecule is CCOc1cccc(CNC(=NC)NCC2Cc3ccccc32)c1OC(F)F.I. The molecule has 1 aliphatic carbocycles. The van der Waals surface area contributed by atoms with E-state index in [0.29, 0.717) is 29.8 Å². The molecule has 1 unspecified atom stereocenters. The first-order chi connectivity index (χ1) is 13.6. The predicted octanol–water partition coefficient (Wildman–Crippen LogP) is 4.31. The Morgan fingerprint density at radius 2 is 1.97 bits per heavy atom. The second-order valence-corrected chi connectivity index (χ2v) is 6.46. The van der Waals surface area contributed by atoms with Gasteiger partial charge in [-0.1, -0.05) is 36.4 Å². The first-order valence-electron chi connectivity index (χ1n) is 9.34. The van der Waals surface area contributed by atoms with Crippen molar-refractivity contribution in [3.05, 3.63) is 59.2 Å². The molecule has 0 saturated heterocycles. The van der Waals surface area contributed by atoms with Crippen LogP contribution in [0.4, 0.5) is 8.78 Å². The minimum absolute atomic E-state index is 0. The van der Waals surface area contributed by atoms with E-state index < -0.39 is 6.61 Å². The Bertz CT molecular complexity index is 833. The van der Waals surface area contributed by atoms with Crippen molar-refractivity contribution in [2.75, 3.05) is 20.2 Å². The second kappa shape index (κ2) is 11.2. The molecule has 0 saturated carbocycles. The molecule has 0 bridgehead atoms. The van der Waals surface area contributed by atoms with Gasteiger partial charge in [0.05, 0.1) is 6.61 Å². The number of para-hydroxylation sites is 1. The molecular weight excluding hydrogens is 491 g/mol. The minimum atomic E-state index is -2.92. The molecule has 3 rings (SSSR count). The largest absolute Gasteiger partial charge is 0.490 e.